The van der Waals surface area contributed by atoms with Gasteiger partial charge in [0.1, 0.15) is 11.5 Å². The maximum Gasteiger partial charge on any atom is 0.519 e. The molecule has 0 saturated carbocycles. The van der Waals surface area contributed by atoms with Crippen molar-refractivity contribution in [3.05, 3.63) is 59.2 Å². The number of rotatable bonds is 2. The van der Waals surface area contributed by atoms with E-state index in [9.17, 15) is 4.79 Å². The average Bonchev–Trinajstić information content (AvgIpc) is 2.46. The Hall–Kier alpha value is -2.29. The Labute approximate surface area is 126 Å². The van der Waals surface area contributed by atoms with Gasteiger partial charge in [-0.2, -0.15) is 0 Å². The van der Waals surface area contributed by atoms with Crippen molar-refractivity contribution in [1.29, 1.82) is 0 Å². The zero-order valence-electron chi connectivity index (χ0n) is 13.3. The van der Waals surface area contributed by atoms with Gasteiger partial charge in [0.15, 0.2) is 0 Å². The van der Waals surface area contributed by atoms with E-state index in [1.165, 1.54) is 0 Å². The molecule has 0 heterocycles. The van der Waals surface area contributed by atoms with Crippen LogP contribution in [0.25, 0.3) is 0 Å². The molecule has 0 N–H and O–H groups in total. The first-order valence-corrected chi connectivity index (χ1v) is 7.09. The molecule has 2 aromatic carbocycles. The third-order valence-electron chi connectivity index (χ3n) is 2.73. The van der Waals surface area contributed by atoms with Crippen LogP contribution in [0.2, 0.25) is 0 Å². The van der Waals surface area contributed by atoms with Gasteiger partial charge in [0.25, 0.3) is 0 Å². The molecule has 0 unspecified atom stereocenters. The normalized spacial score (nSPS) is 9.38. The lowest BCUT2D eigenvalue weighted by Gasteiger charge is -2.11. The largest absolute Gasteiger partial charge is 0.519 e. The van der Waals surface area contributed by atoms with Crippen molar-refractivity contribution >= 4 is 6.16 Å². The fourth-order valence-corrected chi connectivity index (χ4v) is 2.02. The van der Waals surface area contributed by atoms with Gasteiger partial charge in [-0.3, -0.25) is 0 Å². The molecule has 0 radical (unpaired) electrons. The van der Waals surface area contributed by atoms with Gasteiger partial charge in [-0.1, -0.05) is 49.7 Å². The maximum absolute atomic E-state index is 11.7. The molecule has 0 aromatic heterocycles. The van der Waals surface area contributed by atoms with Crippen LogP contribution < -0.4 is 9.47 Å². The van der Waals surface area contributed by atoms with Crippen molar-refractivity contribution in [2.45, 2.75) is 34.6 Å². The summed E-state index contributed by atoms with van der Waals surface area (Å²) in [5.74, 6) is 1.03. The monoisotopic (exact) mass is 286 g/mol. The van der Waals surface area contributed by atoms with Gasteiger partial charge in [0.05, 0.1) is 0 Å². The molecule has 0 spiro atoms. The molecule has 0 saturated heterocycles. The Morgan fingerprint density at radius 3 is 1.90 bits per heavy atom. The molecule has 2 aromatic rings. The van der Waals surface area contributed by atoms with E-state index < -0.39 is 6.16 Å². The van der Waals surface area contributed by atoms with E-state index in [2.05, 4.69) is 0 Å². The Morgan fingerprint density at radius 1 is 0.857 bits per heavy atom. The van der Waals surface area contributed by atoms with E-state index >= 15 is 0 Å². The van der Waals surface area contributed by atoms with Gasteiger partial charge in [-0.15, -0.1) is 0 Å². The molecule has 21 heavy (non-hydrogen) atoms. The molecule has 0 amide bonds. The van der Waals surface area contributed by atoms with Gasteiger partial charge < -0.3 is 9.47 Å². The molecule has 112 valence electrons. The molecule has 0 aliphatic heterocycles. The summed E-state index contributed by atoms with van der Waals surface area (Å²) >= 11 is 0. The molecule has 0 aliphatic carbocycles. The maximum atomic E-state index is 11.7. The summed E-state index contributed by atoms with van der Waals surface area (Å²) in [6, 6.07) is 12.8. The summed E-state index contributed by atoms with van der Waals surface area (Å²) in [5.41, 5.74) is 2.98. The minimum absolute atomic E-state index is 0.468. The van der Waals surface area contributed by atoms with E-state index in [0.717, 1.165) is 16.7 Å². The molecular weight excluding hydrogens is 264 g/mol. The topological polar surface area (TPSA) is 35.5 Å². The van der Waals surface area contributed by atoms with Crippen LogP contribution in [-0.2, 0) is 0 Å². The average molecular weight is 286 g/mol. The third-order valence-corrected chi connectivity index (χ3v) is 2.73. The molecule has 0 atom stereocenters. The molecular formula is C18H22O3. The van der Waals surface area contributed by atoms with E-state index in [-0.39, 0.29) is 0 Å². The SMILES string of the molecule is CC.Cc1cc(C)c(OC(=O)Oc2ccccc2)c(C)c1. The summed E-state index contributed by atoms with van der Waals surface area (Å²) in [4.78, 5) is 11.7. The second kappa shape index (κ2) is 8.10. The van der Waals surface area contributed by atoms with Crippen LogP contribution >= 0.6 is 0 Å². The molecule has 3 nitrogen and oxygen atoms in total. The highest BCUT2D eigenvalue weighted by atomic mass is 16.7. The van der Waals surface area contributed by atoms with Crippen LogP contribution in [0.1, 0.15) is 30.5 Å². The van der Waals surface area contributed by atoms with Gasteiger partial charge >= 0.3 is 6.16 Å². The standard InChI is InChI=1S/C16H16O3.C2H6/c1-11-9-12(2)15(13(3)10-11)19-16(17)18-14-7-5-4-6-8-14;1-2/h4-10H,1-3H3;1-2H3. The zero-order valence-corrected chi connectivity index (χ0v) is 13.3. The molecule has 3 heteroatoms. The summed E-state index contributed by atoms with van der Waals surface area (Å²) in [5, 5.41) is 0. The summed E-state index contributed by atoms with van der Waals surface area (Å²) in [6.45, 7) is 9.82. The van der Waals surface area contributed by atoms with E-state index in [0.29, 0.717) is 11.5 Å². The van der Waals surface area contributed by atoms with Gasteiger partial charge in [0, 0.05) is 0 Å². The summed E-state index contributed by atoms with van der Waals surface area (Å²) in [6.07, 6.45) is -0.721. The van der Waals surface area contributed by atoms with Gasteiger partial charge in [-0.05, 0) is 44.0 Å². The smallest absolute Gasteiger partial charge is 0.395 e. The van der Waals surface area contributed by atoms with Crippen molar-refractivity contribution < 1.29 is 14.3 Å². The van der Waals surface area contributed by atoms with Crippen LogP contribution in [0, 0.1) is 20.8 Å². The molecule has 0 fully saturated rings. The first kappa shape index (κ1) is 16.8. The van der Waals surface area contributed by atoms with Crippen LogP contribution in [-0.4, -0.2) is 6.16 Å². The zero-order chi connectivity index (χ0) is 15.8. The predicted molar refractivity (Wildman–Crippen MR) is 85.1 cm³/mol. The van der Waals surface area contributed by atoms with Crippen LogP contribution in [0.15, 0.2) is 42.5 Å². The number of aryl methyl sites for hydroxylation is 3. The fourth-order valence-electron chi connectivity index (χ4n) is 2.02. The highest BCUT2D eigenvalue weighted by Crippen LogP contribution is 2.25. The lowest BCUT2D eigenvalue weighted by atomic mass is 10.1. The minimum atomic E-state index is -0.721. The minimum Gasteiger partial charge on any atom is -0.395 e. The highest BCUT2D eigenvalue weighted by Gasteiger charge is 2.12. The predicted octanol–water partition coefficient (Wildman–Crippen LogP) is 5.22. The van der Waals surface area contributed by atoms with Crippen molar-refractivity contribution in [3.63, 3.8) is 0 Å². The third kappa shape index (κ3) is 4.95. The second-order valence-electron chi connectivity index (χ2n) is 4.50. The van der Waals surface area contributed by atoms with Gasteiger partial charge in [0.2, 0.25) is 0 Å². The first-order valence-electron chi connectivity index (χ1n) is 7.09. The Morgan fingerprint density at radius 2 is 1.38 bits per heavy atom. The Bertz CT molecular complexity index is 566. The van der Waals surface area contributed by atoms with Gasteiger partial charge in [-0.25, -0.2) is 4.79 Å². The van der Waals surface area contributed by atoms with Crippen molar-refractivity contribution in [1.82, 2.24) is 0 Å². The number of hydrogen-bond acceptors (Lipinski definition) is 3. The number of benzene rings is 2. The van der Waals surface area contributed by atoms with Crippen LogP contribution in [0.4, 0.5) is 4.79 Å². The first-order chi connectivity index (χ1) is 10.1. The van der Waals surface area contributed by atoms with Crippen molar-refractivity contribution in [2.75, 3.05) is 0 Å². The number of para-hydroxylation sites is 1. The van der Waals surface area contributed by atoms with Crippen molar-refractivity contribution in [3.8, 4) is 11.5 Å². The Balaban J connectivity index is 0.00000106. The molecule has 0 bridgehead atoms. The number of ether oxygens (including phenoxy) is 2. The van der Waals surface area contributed by atoms with E-state index in [1.807, 2.05) is 52.8 Å². The van der Waals surface area contributed by atoms with E-state index in [1.54, 1.807) is 24.3 Å². The lowest BCUT2D eigenvalue weighted by Crippen LogP contribution is -2.15. The lowest BCUT2D eigenvalue weighted by molar-refractivity contribution is 0.151. The Kier molecular flexibility index (Phi) is 6.47. The quantitative estimate of drug-likeness (QED) is 0.561. The van der Waals surface area contributed by atoms with E-state index in [4.69, 9.17) is 9.47 Å². The van der Waals surface area contributed by atoms with Crippen molar-refractivity contribution in [2.24, 2.45) is 0 Å². The number of hydrogen-bond donors (Lipinski definition) is 0. The molecule has 0 aliphatic rings. The summed E-state index contributed by atoms with van der Waals surface area (Å²) in [7, 11) is 0. The molecule has 2 rings (SSSR count). The number of carbonyl (C=O) groups is 1. The second-order valence-corrected chi connectivity index (χ2v) is 4.50. The van der Waals surface area contributed by atoms with Crippen LogP contribution in [0.3, 0.4) is 0 Å². The summed E-state index contributed by atoms with van der Waals surface area (Å²) < 4.78 is 10.4. The fraction of sp³-hybridized carbons (Fsp3) is 0.278. The van der Waals surface area contributed by atoms with Crippen LogP contribution in [0.5, 0.6) is 11.5 Å². The number of carbonyl (C=O) groups excluding carboxylic acids is 1. The highest BCUT2D eigenvalue weighted by molar-refractivity contribution is 5.68.